The first-order valence-corrected chi connectivity index (χ1v) is 6.70. The first kappa shape index (κ1) is 14.8. The average Bonchev–Trinajstić information content (AvgIpc) is 2.92. The van der Waals surface area contributed by atoms with Gasteiger partial charge in [0.2, 0.25) is 0 Å². The number of hydrogen-bond acceptors (Lipinski definition) is 4. The van der Waals surface area contributed by atoms with E-state index >= 15 is 0 Å². The summed E-state index contributed by atoms with van der Waals surface area (Å²) in [7, 11) is 0. The molecule has 1 heterocycles. The molecule has 0 fully saturated rings. The van der Waals surface area contributed by atoms with Gasteiger partial charge in [0.05, 0.1) is 12.3 Å². The molecule has 0 aliphatic rings. The molecule has 0 atom stereocenters. The fourth-order valence-electron chi connectivity index (χ4n) is 1.75. The zero-order valence-electron chi connectivity index (χ0n) is 12.3. The molecule has 2 rings (SSSR count). The molecular formula is C15H18N4O2. The maximum Gasteiger partial charge on any atom is 0.291 e. The van der Waals surface area contributed by atoms with Crippen molar-refractivity contribution in [3.63, 3.8) is 0 Å². The van der Waals surface area contributed by atoms with Crippen molar-refractivity contribution in [2.75, 3.05) is 6.61 Å². The lowest BCUT2D eigenvalue weighted by Crippen LogP contribution is -2.19. The summed E-state index contributed by atoms with van der Waals surface area (Å²) >= 11 is 0. The Morgan fingerprint density at radius 2 is 2.10 bits per heavy atom. The van der Waals surface area contributed by atoms with Crippen molar-refractivity contribution < 1.29 is 9.53 Å². The molecule has 0 radical (unpaired) electrons. The number of benzene rings is 1. The first-order chi connectivity index (χ1) is 10.1. The SMILES string of the molecule is CCOc1ccc(/C(C)=N/NC(=O)c2cc(C)[nH]n2)cc1. The third-order valence-electron chi connectivity index (χ3n) is 2.85. The lowest BCUT2D eigenvalue weighted by atomic mass is 10.1. The second kappa shape index (κ2) is 6.69. The molecule has 6 nitrogen and oxygen atoms in total. The average molecular weight is 286 g/mol. The van der Waals surface area contributed by atoms with Crippen LogP contribution in [0, 0.1) is 6.92 Å². The predicted molar refractivity (Wildman–Crippen MR) is 80.6 cm³/mol. The number of hydrogen-bond donors (Lipinski definition) is 2. The van der Waals surface area contributed by atoms with Crippen LogP contribution in [0.3, 0.4) is 0 Å². The third-order valence-corrected chi connectivity index (χ3v) is 2.85. The number of rotatable bonds is 5. The van der Waals surface area contributed by atoms with Gasteiger partial charge < -0.3 is 4.74 Å². The van der Waals surface area contributed by atoms with E-state index in [0.717, 1.165) is 17.0 Å². The normalized spacial score (nSPS) is 11.3. The second-order valence-electron chi connectivity index (χ2n) is 4.53. The number of carbonyl (C=O) groups excluding carboxylic acids is 1. The number of aromatic amines is 1. The maximum atomic E-state index is 11.8. The van der Waals surface area contributed by atoms with Gasteiger partial charge in [-0.15, -0.1) is 0 Å². The quantitative estimate of drug-likeness (QED) is 0.653. The van der Waals surface area contributed by atoms with Gasteiger partial charge in [-0.3, -0.25) is 9.89 Å². The summed E-state index contributed by atoms with van der Waals surface area (Å²) in [6.45, 7) is 6.22. The van der Waals surface area contributed by atoms with Crippen molar-refractivity contribution in [1.29, 1.82) is 0 Å². The van der Waals surface area contributed by atoms with Gasteiger partial charge in [0, 0.05) is 5.69 Å². The number of nitrogens with zero attached hydrogens (tertiary/aromatic N) is 2. The van der Waals surface area contributed by atoms with Gasteiger partial charge in [0.25, 0.3) is 5.91 Å². The van der Waals surface area contributed by atoms with Crippen molar-refractivity contribution in [3.8, 4) is 5.75 Å². The molecule has 0 bridgehead atoms. The van der Waals surface area contributed by atoms with Gasteiger partial charge in [0.1, 0.15) is 5.75 Å². The number of hydrazone groups is 1. The van der Waals surface area contributed by atoms with Crippen LogP contribution < -0.4 is 10.2 Å². The largest absolute Gasteiger partial charge is 0.494 e. The van der Waals surface area contributed by atoms with Gasteiger partial charge in [-0.1, -0.05) is 0 Å². The van der Waals surface area contributed by atoms with Crippen LogP contribution in [0.5, 0.6) is 5.75 Å². The second-order valence-corrected chi connectivity index (χ2v) is 4.53. The minimum absolute atomic E-state index is 0.316. The van der Waals surface area contributed by atoms with Crippen molar-refractivity contribution >= 4 is 11.6 Å². The smallest absolute Gasteiger partial charge is 0.291 e. The fraction of sp³-hybridized carbons (Fsp3) is 0.267. The number of carbonyl (C=O) groups is 1. The lowest BCUT2D eigenvalue weighted by Gasteiger charge is -2.05. The summed E-state index contributed by atoms with van der Waals surface area (Å²) in [6, 6.07) is 9.20. The van der Waals surface area contributed by atoms with E-state index in [1.165, 1.54) is 0 Å². The molecule has 0 saturated carbocycles. The zero-order chi connectivity index (χ0) is 15.2. The topological polar surface area (TPSA) is 79.4 Å². The molecule has 6 heteroatoms. The highest BCUT2D eigenvalue weighted by Gasteiger charge is 2.08. The highest BCUT2D eigenvalue weighted by molar-refractivity contribution is 6.00. The maximum absolute atomic E-state index is 11.8. The van der Waals surface area contributed by atoms with E-state index in [0.29, 0.717) is 18.0 Å². The van der Waals surface area contributed by atoms with Crippen LogP contribution in [0.2, 0.25) is 0 Å². The molecule has 0 unspecified atom stereocenters. The molecule has 2 aromatic rings. The minimum Gasteiger partial charge on any atom is -0.494 e. The van der Waals surface area contributed by atoms with Crippen molar-refractivity contribution in [3.05, 3.63) is 47.3 Å². The molecule has 0 aliphatic heterocycles. The summed E-state index contributed by atoms with van der Waals surface area (Å²) in [5.41, 5.74) is 5.25. The fourth-order valence-corrected chi connectivity index (χ4v) is 1.75. The van der Waals surface area contributed by atoms with Crippen LogP contribution in [0.25, 0.3) is 0 Å². The molecule has 0 saturated heterocycles. The van der Waals surface area contributed by atoms with E-state index in [2.05, 4.69) is 20.7 Å². The standard InChI is InChI=1S/C15H18N4O2/c1-4-21-13-7-5-12(6-8-13)11(3)17-19-15(20)14-9-10(2)16-18-14/h5-9H,4H2,1-3H3,(H,16,18)(H,19,20)/b17-11+. The number of ether oxygens (including phenoxy) is 1. The molecule has 21 heavy (non-hydrogen) atoms. The summed E-state index contributed by atoms with van der Waals surface area (Å²) in [5, 5.41) is 10.7. The van der Waals surface area contributed by atoms with E-state index in [9.17, 15) is 4.79 Å². The predicted octanol–water partition coefficient (Wildman–Crippen LogP) is 2.27. The Morgan fingerprint density at radius 3 is 2.67 bits per heavy atom. The first-order valence-electron chi connectivity index (χ1n) is 6.70. The third kappa shape index (κ3) is 3.92. The summed E-state index contributed by atoms with van der Waals surface area (Å²) in [5.74, 6) is 0.467. The number of H-pyrrole nitrogens is 1. The van der Waals surface area contributed by atoms with E-state index in [-0.39, 0.29) is 5.91 Å². The van der Waals surface area contributed by atoms with E-state index in [4.69, 9.17) is 4.74 Å². The molecular weight excluding hydrogens is 268 g/mol. The molecule has 0 spiro atoms. The number of amides is 1. The molecule has 110 valence electrons. The van der Waals surface area contributed by atoms with Crippen molar-refractivity contribution in [1.82, 2.24) is 15.6 Å². The molecule has 1 amide bonds. The van der Waals surface area contributed by atoms with E-state index in [1.54, 1.807) is 6.07 Å². The molecule has 0 aliphatic carbocycles. The molecule has 1 aromatic carbocycles. The van der Waals surface area contributed by atoms with Crippen LogP contribution in [-0.4, -0.2) is 28.4 Å². The Morgan fingerprint density at radius 1 is 1.38 bits per heavy atom. The Kier molecular flexibility index (Phi) is 4.71. The summed E-state index contributed by atoms with van der Waals surface area (Å²) < 4.78 is 5.38. The summed E-state index contributed by atoms with van der Waals surface area (Å²) in [6.07, 6.45) is 0. The van der Waals surface area contributed by atoms with Gasteiger partial charge in [-0.25, -0.2) is 5.43 Å². The molecule has 2 N–H and O–H groups in total. The zero-order valence-corrected chi connectivity index (χ0v) is 12.3. The van der Waals surface area contributed by atoms with Crippen molar-refractivity contribution in [2.45, 2.75) is 20.8 Å². The highest BCUT2D eigenvalue weighted by Crippen LogP contribution is 2.12. The lowest BCUT2D eigenvalue weighted by molar-refractivity contribution is 0.0950. The summed E-state index contributed by atoms with van der Waals surface area (Å²) in [4.78, 5) is 11.8. The highest BCUT2D eigenvalue weighted by atomic mass is 16.5. The number of aryl methyl sites for hydroxylation is 1. The van der Waals surface area contributed by atoms with E-state index in [1.807, 2.05) is 45.0 Å². The van der Waals surface area contributed by atoms with Crippen molar-refractivity contribution in [2.24, 2.45) is 5.10 Å². The van der Waals surface area contributed by atoms with Crippen LogP contribution in [0.1, 0.15) is 35.6 Å². The van der Waals surface area contributed by atoms with Gasteiger partial charge in [-0.2, -0.15) is 10.2 Å². The van der Waals surface area contributed by atoms with Gasteiger partial charge >= 0.3 is 0 Å². The minimum atomic E-state index is -0.343. The number of aromatic nitrogens is 2. The Labute approximate surface area is 123 Å². The monoisotopic (exact) mass is 286 g/mol. The van der Waals surface area contributed by atoms with E-state index < -0.39 is 0 Å². The van der Waals surface area contributed by atoms with Crippen LogP contribution in [0.4, 0.5) is 0 Å². The Balaban J connectivity index is 2.01. The Bertz CT molecular complexity index is 644. The van der Waals surface area contributed by atoms with Crippen LogP contribution in [0.15, 0.2) is 35.4 Å². The van der Waals surface area contributed by atoms with Crippen LogP contribution in [-0.2, 0) is 0 Å². The van der Waals surface area contributed by atoms with Crippen LogP contribution >= 0.6 is 0 Å². The molecule has 1 aromatic heterocycles. The van der Waals surface area contributed by atoms with Gasteiger partial charge in [0.15, 0.2) is 5.69 Å². The van der Waals surface area contributed by atoms with Gasteiger partial charge in [-0.05, 0) is 56.7 Å². The number of nitrogens with one attached hydrogen (secondary N) is 2. The Hall–Kier alpha value is -2.63.